The molecule has 31 heavy (non-hydrogen) atoms. The lowest BCUT2D eigenvalue weighted by Gasteiger charge is -2.25. The smallest absolute Gasteiger partial charge is 0.124 e. The van der Waals surface area contributed by atoms with Crippen molar-refractivity contribution in [2.45, 2.75) is 13.4 Å². The number of benzene rings is 2. The van der Waals surface area contributed by atoms with Crippen molar-refractivity contribution in [2.75, 3.05) is 32.3 Å². The van der Waals surface area contributed by atoms with Gasteiger partial charge in [0, 0.05) is 54.4 Å². The molecule has 0 aliphatic rings. The number of fused-ring (bicyclic) bond motifs is 1. The molecule has 0 bridgehead atoms. The lowest BCUT2D eigenvalue weighted by Crippen LogP contribution is -2.21. The zero-order valence-electron chi connectivity index (χ0n) is 19.6. The first-order valence-electron chi connectivity index (χ1n) is 10.8. The molecule has 0 radical (unpaired) electrons. The number of hydrogen-bond acceptors (Lipinski definition) is 7. The Morgan fingerprint density at radius 1 is 1.03 bits per heavy atom. The van der Waals surface area contributed by atoms with Gasteiger partial charge in [0.25, 0.3) is 0 Å². The maximum atomic E-state index is 9.71. The molecule has 8 nitrogen and oxygen atoms in total. The molecule has 4 aromatic rings. The van der Waals surface area contributed by atoms with Crippen molar-refractivity contribution in [2.24, 2.45) is 0 Å². The van der Waals surface area contributed by atoms with E-state index in [0.717, 1.165) is 11.4 Å². The molecular formula is C23H25N5O3. The van der Waals surface area contributed by atoms with Crippen LogP contribution in [0.5, 0.6) is 11.5 Å². The first-order valence-corrected chi connectivity index (χ1v) is 9.76. The molecule has 0 saturated carbocycles. The average molecular weight is 421 g/mol. The summed E-state index contributed by atoms with van der Waals surface area (Å²) in [7, 11) is 3.18. The first-order chi connectivity index (χ1) is 15.8. The summed E-state index contributed by atoms with van der Waals surface area (Å²) in [5.74, 6) is 1.28. The Morgan fingerprint density at radius 2 is 1.81 bits per heavy atom. The van der Waals surface area contributed by atoms with E-state index in [9.17, 15) is 5.11 Å². The van der Waals surface area contributed by atoms with E-state index in [1.165, 1.54) is 11.6 Å². The normalized spacial score (nSPS) is 12.4. The van der Waals surface area contributed by atoms with Gasteiger partial charge in [-0.15, -0.1) is 0 Å². The summed E-state index contributed by atoms with van der Waals surface area (Å²) in [5.41, 5.74) is 4.26. The summed E-state index contributed by atoms with van der Waals surface area (Å²) in [6.07, 6.45) is 4.83. The number of anilines is 2. The molecule has 0 atom stereocenters. The lowest BCUT2D eigenvalue weighted by atomic mass is 10.2. The van der Waals surface area contributed by atoms with Crippen LogP contribution in [-0.4, -0.2) is 52.2 Å². The number of rotatable bonds is 8. The van der Waals surface area contributed by atoms with Gasteiger partial charge >= 0.3 is 0 Å². The summed E-state index contributed by atoms with van der Waals surface area (Å²) in [5, 5.41) is 13.8. The monoisotopic (exact) mass is 421 g/mol. The molecule has 160 valence electrons. The van der Waals surface area contributed by atoms with Crippen LogP contribution in [0, 0.1) is 0 Å². The van der Waals surface area contributed by atoms with Gasteiger partial charge in [-0.1, -0.05) is 0 Å². The topological polar surface area (TPSA) is 85.5 Å². The van der Waals surface area contributed by atoms with Crippen LogP contribution in [0.1, 0.15) is 9.67 Å². The van der Waals surface area contributed by atoms with Crippen LogP contribution in [0.3, 0.4) is 0 Å². The standard InChI is InChI=1S/C23H25N5O3/c1-4-27-15-16(13-25-27)23-14-24-21-6-5-17(11-22(21)26-23)28(7-8-29)18-9-19(30-2)12-20(10-18)31-3/h5-6,9-15,29H,4,7-8H2,1-3H3/i4D2. The maximum absolute atomic E-state index is 9.71. The van der Waals surface area contributed by atoms with Crippen LogP contribution in [-0.2, 0) is 6.50 Å². The highest BCUT2D eigenvalue weighted by Gasteiger charge is 2.14. The number of methoxy groups -OCH3 is 2. The molecule has 0 saturated heterocycles. The number of ether oxygens (including phenoxy) is 2. The molecule has 8 heteroatoms. The molecule has 0 aliphatic carbocycles. The van der Waals surface area contributed by atoms with E-state index in [1.807, 2.05) is 35.2 Å². The van der Waals surface area contributed by atoms with Crippen LogP contribution in [0.2, 0.25) is 0 Å². The van der Waals surface area contributed by atoms with Crippen molar-refractivity contribution in [1.82, 2.24) is 19.7 Å². The Morgan fingerprint density at radius 3 is 2.45 bits per heavy atom. The maximum Gasteiger partial charge on any atom is 0.124 e. The van der Waals surface area contributed by atoms with Crippen molar-refractivity contribution in [3.63, 3.8) is 0 Å². The molecule has 0 aliphatic heterocycles. The third kappa shape index (κ3) is 4.29. The van der Waals surface area contributed by atoms with Crippen molar-refractivity contribution in [3.05, 3.63) is 55.0 Å². The first kappa shape index (κ1) is 18.1. The third-order valence-electron chi connectivity index (χ3n) is 4.92. The summed E-state index contributed by atoms with van der Waals surface area (Å²) >= 11 is 0. The van der Waals surface area contributed by atoms with Gasteiger partial charge in [0.2, 0.25) is 0 Å². The second-order valence-corrected chi connectivity index (χ2v) is 6.77. The van der Waals surface area contributed by atoms with Crippen LogP contribution in [0.25, 0.3) is 22.3 Å². The van der Waals surface area contributed by atoms with Gasteiger partial charge in [0.1, 0.15) is 11.5 Å². The molecule has 2 aromatic heterocycles. The van der Waals surface area contributed by atoms with Crippen LogP contribution in [0.15, 0.2) is 55.0 Å². The van der Waals surface area contributed by atoms with Gasteiger partial charge < -0.3 is 19.5 Å². The van der Waals surface area contributed by atoms with Crippen molar-refractivity contribution < 1.29 is 17.3 Å². The zero-order chi connectivity index (χ0) is 23.6. The van der Waals surface area contributed by atoms with Gasteiger partial charge in [-0.2, -0.15) is 5.10 Å². The lowest BCUT2D eigenvalue weighted by molar-refractivity contribution is 0.305. The SMILES string of the molecule is [2H]C([2H])(C)n1cc(-c2cnc3ccc(N(CCO)c4cc(OC)cc(OC)c4)cc3n2)cn1. The van der Waals surface area contributed by atoms with E-state index >= 15 is 0 Å². The Bertz CT molecular complexity index is 1250. The fourth-order valence-electron chi connectivity index (χ4n) is 3.34. The van der Waals surface area contributed by atoms with Crippen LogP contribution >= 0.6 is 0 Å². The van der Waals surface area contributed by atoms with E-state index in [0.29, 0.717) is 40.3 Å². The van der Waals surface area contributed by atoms with Gasteiger partial charge in [-0.3, -0.25) is 9.67 Å². The predicted octanol–water partition coefficient (Wildman–Crippen LogP) is 3.66. The quantitative estimate of drug-likeness (QED) is 0.465. The van der Waals surface area contributed by atoms with Gasteiger partial charge in [0.05, 0.1) is 52.7 Å². The number of hydrogen-bond donors (Lipinski definition) is 1. The molecule has 4 rings (SSSR count). The zero-order valence-corrected chi connectivity index (χ0v) is 17.6. The molecule has 0 unspecified atom stereocenters. The van der Waals surface area contributed by atoms with Crippen molar-refractivity contribution >= 4 is 22.4 Å². The Balaban J connectivity index is 1.76. The highest BCUT2D eigenvalue weighted by Crippen LogP contribution is 2.33. The molecular weight excluding hydrogens is 394 g/mol. The minimum atomic E-state index is -1.61. The Hall–Kier alpha value is -3.65. The van der Waals surface area contributed by atoms with Gasteiger partial charge in [0.15, 0.2) is 0 Å². The van der Waals surface area contributed by atoms with E-state index in [2.05, 4.69) is 10.1 Å². The number of nitrogens with zero attached hydrogens (tertiary/aromatic N) is 5. The number of aliphatic hydroxyl groups is 1. The van der Waals surface area contributed by atoms with Gasteiger partial charge in [-0.05, 0) is 25.1 Å². The molecule has 2 aromatic carbocycles. The second-order valence-electron chi connectivity index (χ2n) is 6.77. The van der Waals surface area contributed by atoms with E-state index in [-0.39, 0.29) is 6.61 Å². The van der Waals surface area contributed by atoms with Crippen LogP contribution < -0.4 is 14.4 Å². The highest BCUT2D eigenvalue weighted by atomic mass is 16.5. The molecule has 2 heterocycles. The Labute approximate surface area is 183 Å². The molecule has 0 spiro atoms. The fraction of sp³-hybridized carbons (Fsp3) is 0.261. The number of aliphatic hydroxyl groups excluding tert-OH is 1. The van der Waals surface area contributed by atoms with E-state index < -0.39 is 6.50 Å². The molecule has 0 amide bonds. The minimum Gasteiger partial charge on any atom is -0.497 e. The average Bonchev–Trinajstić information content (AvgIpc) is 3.32. The van der Waals surface area contributed by atoms with Crippen molar-refractivity contribution in [3.8, 4) is 22.8 Å². The second kappa shape index (κ2) is 9.01. The highest BCUT2D eigenvalue weighted by molar-refractivity contribution is 5.82. The number of aryl methyl sites for hydroxylation is 1. The predicted molar refractivity (Wildman–Crippen MR) is 120 cm³/mol. The minimum absolute atomic E-state index is 0.0541. The third-order valence-corrected chi connectivity index (χ3v) is 4.92. The summed E-state index contributed by atoms with van der Waals surface area (Å²) in [4.78, 5) is 11.2. The number of aromatic nitrogens is 4. The summed E-state index contributed by atoms with van der Waals surface area (Å²) < 4.78 is 27.7. The Kier molecular flexibility index (Phi) is 5.27. The van der Waals surface area contributed by atoms with E-state index in [4.69, 9.17) is 17.2 Å². The summed E-state index contributed by atoms with van der Waals surface area (Å²) in [6, 6.07) is 11.2. The van der Waals surface area contributed by atoms with Crippen molar-refractivity contribution in [1.29, 1.82) is 0 Å². The molecule has 1 N–H and O–H groups in total. The van der Waals surface area contributed by atoms with Crippen LogP contribution in [0.4, 0.5) is 11.4 Å². The largest absolute Gasteiger partial charge is 0.497 e. The summed E-state index contributed by atoms with van der Waals surface area (Å²) in [6.45, 7) is 0.124. The molecule has 0 fully saturated rings. The van der Waals surface area contributed by atoms with Gasteiger partial charge in [-0.25, -0.2) is 4.98 Å². The van der Waals surface area contributed by atoms with E-state index in [1.54, 1.807) is 38.9 Å². The fourth-order valence-corrected chi connectivity index (χ4v) is 3.34.